The predicted molar refractivity (Wildman–Crippen MR) is 44.1 cm³/mol. The van der Waals surface area contributed by atoms with Crippen LogP contribution >= 0.6 is 0 Å². The van der Waals surface area contributed by atoms with Gasteiger partial charge in [-0.05, 0) is 13.8 Å². The molecule has 4 nitrogen and oxygen atoms in total. The Morgan fingerprint density at radius 3 is 2.08 bits per heavy atom. The minimum absolute atomic E-state index is 0.542. The molecule has 0 rings (SSSR count). The largest absolute Gasteiger partial charge is 0.297 e. The van der Waals surface area contributed by atoms with E-state index in [1.54, 1.807) is 6.07 Å². The zero-order valence-electron chi connectivity index (χ0n) is 7.23. The van der Waals surface area contributed by atoms with Crippen LogP contribution in [0.15, 0.2) is 0 Å². The Balaban J connectivity index is 4.66. The molecule has 0 heterocycles. The van der Waals surface area contributed by atoms with Crippen molar-refractivity contribution >= 4 is 15.6 Å². The van der Waals surface area contributed by atoms with Gasteiger partial charge in [0.05, 0.1) is 6.07 Å². The summed E-state index contributed by atoms with van der Waals surface area (Å²) < 4.78 is 21.7. The van der Waals surface area contributed by atoms with Crippen molar-refractivity contribution in [3.8, 4) is 6.07 Å². The molecule has 5 heteroatoms. The van der Waals surface area contributed by atoms with Gasteiger partial charge in [-0.3, -0.25) is 4.79 Å². The minimum atomic E-state index is -3.36. The molecule has 0 aromatic heterocycles. The molecular formula is C7H11NO3S. The van der Waals surface area contributed by atoms with E-state index in [2.05, 4.69) is 0 Å². The maximum absolute atomic E-state index is 11.1. The monoisotopic (exact) mass is 189 g/mol. The molecule has 12 heavy (non-hydrogen) atoms. The smallest absolute Gasteiger partial charge is 0.167 e. The summed E-state index contributed by atoms with van der Waals surface area (Å²) in [4.78, 5) is 11.1. The summed E-state index contributed by atoms with van der Waals surface area (Å²) >= 11 is 0. The number of hydrogen-bond acceptors (Lipinski definition) is 4. The van der Waals surface area contributed by atoms with Gasteiger partial charge in [-0.2, -0.15) is 5.26 Å². The molecule has 0 aliphatic carbocycles. The van der Waals surface area contributed by atoms with Crippen LogP contribution in [0.4, 0.5) is 0 Å². The topological polar surface area (TPSA) is 75.0 Å². The van der Waals surface area contributed by atoms with Crippen LogP contribution in [0, 0.1) is 17.2 Å². The lowest BCUT2D eigenvalue weighted by molar-refractivity contribution is -0.120. The molecule has 0 amide bonds. The first-order chi connectivity index (χ1) is 5.30. The van der Waals surface area contributed by atoms with Crippen molar-refractivity contribution in [3.05, 3.63) is 0 Å². The number of sulfone groups is 1. The number of nitrogens with zero attached hydrogens (tertiary/aromatic N) is 1. The Hall–Kier alpha value is -0.890. The number of hydrogen-bond donors (Lipinski definition) is 0. The first-order valence-corrected chi connectivity index (χ1v) is 5.38. The average molecular weight is 189 g/mol. The Labute approximate surface area is 72.1 Å². The number of nitriles is 1. The summed E-state index contributed by atoms with van der Waals surface area (Å²) in [6.45, 7) is 2.69. The summed E-state index contributed by atoms with van der Waals surface area (Å²) in [5, 5.41) is 7.28. The van der Waals surface area contributed by atoms with Crippen molar-refractivity contribution in [2.75, 3.05) is 6.26 Å². The van der Waals surface area contributed by atoms with E-state index in [0.717, 1.165) is 6.26 Å². The van der Waals surface area contributed by atoms with Crippen molar-refractivity contribution in [1.82, 2.24) is 0 Å². The van der Waals surface area contributed by atoms with Crippen LogP contribution in [-0.2, 0) is 14.6 Å². The molecule has 2 atom stereocenters. The lowest BCUT2D eigenvalue weighted by atomic mass is 10.1. The van der Waals surface area contributed by atoms with Gasteiger partial charge in [0.1, 0.15) is 11.2 Å². The molecule has 0 radical (unpaired) electrons. The Morgan fingerprint density at radius 2 is 1.83 bits per heavy atom. The fraction of sp³-hybridized carbons (Fsp3) is 0.714. The highest BCUT2D eigenvalue weighted by molar-refractivity contribution is 7.92. The molecule has 2 unspecified atom stereocenters. The Bertz CT molecular complexity index is 312. The highest BCUT2D eigenvalue weighted by Gasteiger charge is 2.27. The third kappa shape index (κ3) is 2.62. The van der Waals surface area contributed by atoms with Gasteiger partial charge in [0.15, 0.2) is 15.6 Å². The van der Waals surface area contributed by atoms with Crippen molar-refractivity contribution in [2.24, 2.45) is 5.92 Å². The Kier molecular flexibility index (Phi) is 3.40. The quantitative estimate of drug-likeness (QED) is 0.633. The van der Waals surface area contributed by atoms with Crippen LogP contribution < -0.4 is 0 Å². The van der Waals surface area contributed by atoms with Gasteiger partial charge in [0, 0.05) is 6.26 Å². The van der Waals surface area contributed by atoms with E-state index < -0.39 is 26.8 Å². The van der Waals surface area contributed by atoms with Gasteiger partial charge < -0.3 is 0 Å². The summed E-state index contributed by atoms with van der Waals surface area (Å²) in [7, 11) is -3.36. The first kappa shape index (κ1) is 11.1. The lowest BCUT2D eigenvalue weighted by Gasteiger charge is -2.08. The molecule has 0 aromatic rings. The highest BCUT2D eigenvalue weighted by atomic mass is 32.2. The SMILES string of the molecule is CC(C#N)C(=O)C(C)S(C)(=O)=O. The van der Waals surface area contributed by atoms with E-state index in [1.807, 2.05) is 0 Å². The molecule has 0 fully saturated rings. The summed E-state index contributed by atoms with van der Waals surface area (Å²) in [5.74, 6) is -1.39. The molecule has 0 saturated carbocycles. The van der Waals surface area contributed by atoms with Gasteiger partial charge in [-0.15, -0.1) is 0 Å². The zero-order chi connectivity index (χ0) is 9.94. The number of carbonyl (C=O) groups is 1. The third-order valence-electron chi connectivity index (χ3n) is 1.66. The number of ketones is 1. The first-order valence-electron chi connectivity index (χ1n) is 3.43. The molecule has 68 valence electrons. The molecule has 0 N–H and O–H groups in total. The second kappa shape index (κ2) is 3.68. The van der Waals surface area contributed by atoms with E-state index in [1.165, 1.54) is 13.8 Å². The molecule has 0 aromatic carbocycles. The maximum atomic E-state index is 11.1. The van der Waals surface area contributed by atoms with Crippen LogP contribution in [0.1, 0.15) is 13.8 Å². The summed E-state index contributed by atoms with van der Waals surface area (Å²) in [6, 6.07) is 1.70. The van der Waals surface area contributed by atoms with Gasteiger partial charge in [0.2, 0.25) is 0 Å². The van der Waals surface area contributed by atoms with Gasteiger partial charge in [-0.25, -0.2) is 8.42 Å². The van der Waals surface area contributed by atoms with E-state index in [9.17, 15) is 13.2 Å². The molecule has 0 bridgehead atoms. The standard InChI is InChI=1S/C7H11NO3S/c1-5(4-8)7(9)6(2)12(3,10)11/h5-6H,1-3H3. The van der Waals surface area contributed by atoms with Gasteiger partial charge in [0.25, 0.3) is 0 Å². The van der Waals surface area contributed by atoms with Crippen molar-refractivity contribution in [1.29, 1.82) is 5.26 Å². The predicted octanol–water partition coefficient (Wildman–Crippen LogP) is 0.148. The lowest BCUT2D eigenvalue weighted by Crippen LogP contribution is -2.30. The fourth-order valence-electron chi connectivity index (χ4n) is 0.627. The highest BCUT2D eigenvalue weighted by Crippen LogP contribution is 2.06. The molecular weight excluding hydrogens is 178 g/mol. The van der Waals surface area contributed by atoms with Crippen molar-refractivity contribution in [2.45, 2.75) is 19.1 Å². The third-order valence-corrected chi connectivity index (χ3v) is 3.18. The number of rotatable bonds is 3. The Morgan fingerprint density at radius 1 is 1.42 bits per heavy atom. The molecule has 0 spiro atoms. The minimum Gasteiger partial charge on any atom is -0.297 e. The number of carbonyl (C=O) groups excluding carboxylic acids is 1. The van der Waals surface area contributed by atoms with Crippen molar-refractivity contribution < 1.29 is 13.2 Å². The maximum Gasteiger partial charge on any atom is 0.167 e. The van der Waals surface area contributed by atoms with Crippen LogP contribution in [0.5, 0.6) is 0 Å². The van der Waals surface area contributed by atoms with Crippen LogP contribution in [0.25, 0.3) is 0 Å². The van der Waals surface area contributed by atoms with Gasteiger partial charge in [-0.1, -0.05) is 0 Å². The average Bonchev–Trinajstić information content (AvgIpc) is 1.98. The molecule has 0 aliphatic heterocycles. The van der Waals surface area contributed by atoms with E-state index >= 15 is 0 Å². The van der Waals surface area contributed by atoms with E-state index in [4.69, 9.17) is 5.26 Å². The van der Waals surface area contributed by atoms with E-state index in [0.29, 0.717) is 0 Å². The fourth-order valence-corrected chi connectivity index (χ4v) is 1.25. The van der Waals surface area contributed by atoms with Crippen LogP contribution in [0.2, 0.25) is 0 Å². The molecule has 0 aliphatic rings. The van der Waals surface area contributed by atoms with Crippen LogP contribution in [0.3, 0.4) is 0 Å². The number of Topliss-reactive ketones (excluding diaryl/α,β-unsaturated/α-hetero) is 1. The molecule has 0 saturated heterocycles. The van der Waals surface area contributed by atoms with Crippen molar-refractivity contribution in [3.63, 3.8) is 0 Å². The second-order valence-corrected chi connectivity index (χ2v) is 5.09. The normalized spacial score (nSPS) is 16.2. The summed E-state index contributed by atoms with van der Waals surface area (Å²) in [5.41, 5.74) is 0. The zero-order valence-corrected chi connectivity index (χ0v) is 8.05. The van der Waals surface area contributed by atoms with Gasteiger partial charge >= 0.3 is 0 Å². The summed E-state index contributed by atoms with van der Waals surface area (Å²) in [6.07, 6.45) is 0.986. The van der Waals surface area contributed by atoms with E-state index in [-0.39, 0.29) is 0 Å². The second-order valence-electron chi connectivity index (χ2n) is 2.72. The van der Waals surface area contributed by atoms with Crippen LogP contribution in [-0.4, -0.2) is 25.7 Å².